The summed E-state index contributed by atoms with van der Waals surface area (Å²) >= 11 is 8.39. The number of rotatable bonds is 7. The summed E-state index contributed by atoms with van der Waals surface area (Å²) in [4.78, 5) is 24.7. The average molecular weight is 563 g/mol. The Bertz CT molecular complexity index is 1490. The number of hydrogen-bond donors (Lipinski definition) is 0. The summed E-state index contributed by atoms with van der Waals surface area (Å²) in [7, 11) is -2.12. The summed E-state index contributed by atoms with van der Waals surface area (Å²) in [5, 5.41) is 0.541. The van der Waals surface area contributed by atoms with E-state index >= 15 is 0 Å². The van der Waals surface area contributed by atoms with Crippen LogP contribution in [0.4, 0.5) is 5.13 Å². The molecular formula is C24H23ClN4O4S3. The molecule has 1 saturated heterocycles. The van der Waals surface area contributed by atoms with Gasteiger partial charge < -0.3 is 4.74 Å². The second-order valence-corrected chi connectivity index (χ2v) is 13.2. The normalized spacial score (nSPS) is 16.8. The summed E-state index contributed by atoms with van der Waals surface area (Å²) in [6, 6.07) is 14.2. The van der Waals surface area contributed by atoms with Crippen LogP contribution in [0.2, 0.25) is 4.34 Å². The van der Waals surface area contributed by atoms with E-state index in [1.54, 1.807) is 24.3 Å². The van der Waals surface area contributed by atoms with Gasteiger partial charge in [0.05, 0.1) is 39.8 Å². The molecule has 0 radical (unpaired) electrons. The maximum Gasteiger partial charge on any atom is 0.252 e. The molecule has 188 valence electrons. The Labute approximate surface area is 222 Å². The zero-order valence-corrected chi connectivity index (χ0v) is 22.5. The van der Waals surface area contributed by atoms with E-state index in [1.807, 2.05) is 36.4 Å². The molecule has 0 N–H and O–H groups in total. The molecule has 1 fully saturated rings. The van der Waals surface area contributed by atoms with Gasteiger partial charge in [0.25, 0.3) is 10.0 Å². The summed E-state index contributed by atoms with van der Waals surface area (Å²) in [6.07, 6.45) is 2.86. The largest absolute Gasteiger partial charge is 0.497 e. The molecule has 1 atom stereocenters. The monoisotopic (exact) mass is 562 g/mol. The molecule has 0 saturated carbocycles. The standard InChI is InChI=1S/C24H23ClN4O4S3/c1-33-18-7-8-19-20(13-18)34-24(27-19)29(15-17-6-2-3-11-26-17)23(30)16-5-4-12-28(14-16)36(31,32)22-10-9-21(25)35-22/h2-3,6-11,13,16H,4-5,12,14-15H2,1H3. The molecule has 12 heteroatoms. The Morgan fingerprint density at radius 1 is 1.22 bits per heavy atom. The topological polar surface area (TPSA) is 92.7 Å². The molecule has 4 heterocycles. The Balaban J connectivity index is 1.45. The molecule has 1 unspecified atom stereocenters. The van der Waals surface area contributed by atoms with Gasteiger partial charge in [0.2, 0.25) is 5.91 Å². The van der Waals surface area contributed by atoms with Crippen molar-refractivity contribution in [2.45, 2.75) is 23.6 Å². The number of hydrogen-bond acceptors (Lipinski definition) is 8. The van der Waals surface area contributed by atoms with Crippen molar-refractivity contribution in [2.24, 2.45) is 5.92 Å². The van der Waals surface area contributed by atoms with Gasteiger partial charge in [-0.05, 0) is 55.3 Å². The zero-order chi connectivity index (χ0) is 25.3. The first-order valence-electron chi connectivity index (χ1n) is 11.3. The maximum absolute atomic E-state index is 13.9. The molecular weight excluding hydrogens is 540 g/mol. The fourth-order valence-corrected chi connectivity index (χ4v) is 8.33. The molecule has 1 aliphatic rings. The summed E-state index contributed by atoms with van der Waals surface area (Å²) in [5.74, 6) is 0.0344. The van der Waals surface area contributed by atoms with Crippen LogP contribution in [0.25, 0.3) is 10.2 Å². The number of aromatic nitrogens is 2. The molecule has 0 spiro atoms. The average Bonchev–Trinajstić information content (AvgIpc) is 3.53. The van der Waals surface area contributed by atoms with Crippen molar-refractivity contribution in [3.8, 4) is 5.75 Å². The first kappa shape index (κ1) is 25.1. The van der Waals surface area contributed by atoms with Crippen molar-refractivity contribution < 1.29 is 17.9 Å². The van der Waals surface area contributed by atoms with Crippen LogP contribution >= 0.6 is 34.3 Å². The van der Waals surface area contributed by atoms with Gasteiger partial charge >= 0.3 is 0 Å². The third-order valence-corrected chi connectivity index (χ3v) is 10.6. The van der Waals surface area contributed by atoms with E-state index in [4.69, 9.17) is 21.3 Å². The van der Waals surface area contributed by atoms with Gasteiger partial charge in [-0.15, -0.1) is 11.3 Å². The number of halogens is 1. The molecule has 8 nitrogen and oxygen atoms in total. The van der Waals surface area contributed by atoms with Crippen LogP contribution < -0.4 is 9.64 Å². The van der Waals surface area contributed by atoms with Crippen molar-refractivity contribution >= 4 is 65.6 Å². The molecule has 36 heavy (non-hydrogen) atoms. The summed E-state index contributed by atoms with van der Waals surface area (Å²) < 4.78 is 34.6. The van der Waals surface area contributed by atoms with Crippen molar-refractivity contribution in [1.29, 1.82) is 0 Å². The van der Waals surface area contributed by atoms with Crippen molar-refractivity contribution in [2.75, 3.05) is 25.1 Å². The SMILES string of the molecule is COc1ccc2nc(N(Cc3ccccn3)C(=O)C3CCCN(S(=O)(=O)c4ccc(Cl)s4)C3)sc2c1. The predicted octanol–water partition coefficient (Wildman–Crippen LogP) is 5.05. The number of sulfonamides is 1. The molecule has 1 amide bonds. The fraction of sp³-hybridized carbons (Fsp3) is 0.292. The Morgan fingerprint density at radius 3 is 2.81 bits per heavy atom. The van der Waals surface area contributed by atoms with E-state index in [9.17, 15) is 13.2 Å². The minimum absolute atomic E-state index is 0.105. The minimum atomic E-state index is -3.73. The number of anilines is 1. The highest BCUT2D eigenvalue weighted by Crippen LogP contribution is 2.35. The lowest BCUT2D eigenvalue weighted by molar-refractivity contribution is -0.123. The number of methoxy groups -OCH3 is 1. The Kier molecular flexibility index (Phi) is 7.27. The van der Waals surface area contributed by atoms with Crippen LogP contribution in [0.15, 0.2) is 58.9 Å². The van der Waals surface area contributed by atoms with Crippen LogP contribution in [0.3, 0.4) is 0 Å². The van der Waals surface area contributed by atoms with Crippen molar-refractivity contribution in [3.63, 3.8) is 0 Å². The number of pyridine rings is 1. The van der Waals surface area contributed by atoms with Crippen LogP contribution in [0, 0.1) is 5.92 Å². The quantitative estimate of drug-likeness (QED) is 0.313. The Morgan fingerprint density at radius 2 is 2.08 bits per heavy atom. The number of thiazole rings is 1. The number of benzene rings is 1. The molecule has 0 bridgehead atoms. The van der Waals surface area contributed by atoms with E-state index in [0.29, 0.717) is 34.6 Å². The molecule has 0 aliphatic carbocycles. The van der Waals surface area contributed by atoms with Gasteiger partial charge in [-0.2, -0.15) is 4.31 Å². The number of thiophene rings is 1. The van der Waals surface area contributed by atoms with Crippen molar-refractivity contribution in [1.82, 2.24) is 14.3 Å². The molecule has 3 aromatic heterocycles. The molecule has 4 aromatic rings. The predicted molar refractivity (Wildman–Crippen MR) is 142 cm³/mol. The van der Waals surface area contributed by atoms with Crippen molar-refractivity contribution in [3.05, 3.63) is 64.8 Å². The van der Waals surface area contributed by atoms with Crippen LogP contribution in [-0.4, -0.2) is 48.8 Å². The number of amides is 1. The van der Waals surface area contributed by atoms with Gasteiger partial charge in [-0.1, -0.05) is 29.0 Å². The number of piperidine rings is 1. The van der Waals surface area contributed by atoms with E-state index in [0.717, 1.165) is 27.2 Å². The van der Waals surface area contributed by atoms with Crippen LogP contribution in [0.1, 0.15) is 18.5 Å². The Hall–Kier alpha value is -2.57. The molecule has 1 aromatic carbocycles. The molecule has 5 rings (SSSR count). The minimum Gasteiger partial charge on any atom is -0.497 e. The number of nitrogens with zero attached hydrogens (tertiary/aromatic N) is 4. The smallest absolute Gasteiger partial charge is 0.252 e. The molecule has 1 aliphatic heterocycles. The van der Waals surface area contributed by atoms with E-state index in [-0.39, 0.29) is 23.2 Å². The number of ether oxygens (including phenoxy) is 1. The highest BCUT2D eigenvalue weighted by molar-refractivity contribution is 7.91. The summed E-state index contributed by atoms with van der Waals surface area (Å²) in [6.45, 7) is 0.706. The van der Waals surface area contributed by atoms with Gasteiger partial charge in [-0.3, -0.25) is 14.7 Å². The highest BCUT2D eigenvalue weighted by atomic mass is 35.5. The van der Waals surface area contributed by atoms with E-state index < -0.39 is 15.9 Å². The second kappa shape index (κ2) is 10.4. The summed E-state index contributed by atoms with van der Waals surface area (Å²) in [5.41, 5.74) is 1.48. The highest BCUT2D eigenvalue weighted by Gasteiger charge is 2.37. The van der Waals surface area contributed by atoms with Gasteiger partial charge in [0, 0.05) is 19.3 Å². The first-order valence-corrected chi connectivity index (χ1v) is 14.7. The lowest BCUT2D eigenvalue weighted by Crippen LogP contribution is -2.46. The number of carbonyl (C=O) groups excluding carboxylic acids is 1. The zero-order valence-electron chi connectivity index (χ0n) is 19.3. The van der Waals surface area contributed by atoms with E-state index in [2.05, 4.69) is 4.98 Å². The first-order chi connectivity index (χ1) is 17.3. The number of carbonyl (C=O) groups is 1. The third kappa shape index (κ3) is 5.12. The maximum atomic E-state index is 13.9. The third-order valence-electron chi connectivity index (χ3n) is 6.00. The van der Waals surface area contributed by atoms with Crippen LogP contribution in [-0.2, 0) is 21.4 Å². The van der Waals surface area contributed by atoms with Gasteiger partial charge in [0.15, 0.2) is 5.13 Å². The van der Waals surface area contributed by atoms with Gasteiger partial charge in [-0.25, -0.2) is 13.4 Å². The lowest BCUT2D eigenvalue weighted by atomic mass is 9.98. The van der Waals surface area contributed by atoms with E-state index in [1.165, 1.54) is 21.7 Å². The van der Waals surface area contributed by atoms with Crippen LogP contribution in [0.5, 0.6) is 5.75 Å². The second-order valence-electron chi connectivity index (χ2n) is 8.34. The van der Waals surface area contributed by atoms with Gasteiger partial charge in [0.1, 0.15) is 9.96 Å². The fourth-order valence-electron chi connectivity index (χ4n) is 4.17. The number of fused-ring (bicyclic) bond motifs is 1. The lowest BCUT2D eigenvalue weighted by Gasteiger charge is -2.33.